The number of aromatic nitrogens is 5. The van der Waals surface area contributed by atoms with Crippen LogP contribution in [0.25, 0.3) is 11.1 Å². The van der Waals surface area contributed by atoms with Crippen molar-refractivity contribution in [1.82, 2.24) is 34.9 Å². The Bertz CT molecular complexity index is 1340. The standard InChI is InChI=1S/C25H29F3N8O3/c1-24(2,3)39-23(38)31-13-20(37)34(4)14-16-6-5-7-17(10-16)18-11-29-22(30-12-18)35-8-9-36-19(15-35)32-21(33-36)25(26,27)28/h5-7,10-12H,8-9,13-15H2,1-4H3,(H,31,38). The van der Waals surface area contributed by atoms with Gasteiger partial charge >= 0.3 is 12.3 Å². The van der Waals surface area contributed by atoms with Gasteiger partial charge in [-0.25, -0.2) is 24.4 Å². The van der Waals surface area contributed by atoms with Crippen LogP contribution in [0.4, 0.5) is 23.9 Å². The zero-order chi connectivity index (χ0) is 28.4. The zero-order valence-corrected chi connectivity index (χ0v) is 22.0. The average Bonchev–Trinajstić information content (AvgIpc) is 3.31. The highest BCUT2D eigenvalue weighted by Gasteiger charge is 2.38. The molecule has 0 radical (unpaired) electrons. The maximum Gasteiger partial charge on any atom is 0.453 e. The molecule has 0 bridgehead atoms. The quantitative estimate of drug-likeness (QED) is 0.501. The van der Waals surface area contributed by atoms with Gasteiger partial charge in [0.25, 0.3) is 5.82 Å². The number of hydrogen-bond acceptors (Lipinski definition) is 8. The van der Waals surface area contributed by atoms with Crippen molar-refractivity contribution in [3.8, 4) is 11.1 Å². The molecule has 39 heavy (non-hydrogen) atoms. The van der Waals surface area contributed by atoms with Gasteiger partial charge in [0.05, 0.1) is 13.1 Å². The van der Waals surface area contributed by atoms with Crippen LogP contribution in [0.1, 0.15) is 38.0 Å². The normalized spacial score (nSPS) is 13.6. The summed E-state index contributed by atoms with van der Waals surface area (Å²) in [6, 6.07) is 7.52. The molecule has 0 aliphatic carbocycles. The monoisotopic (exact) mass is 546 g/mol. The van der Waals surface area contributed by atoms with Gasteiger partial charge in [0, 0.05) is 38.1 Å². The lowest BCUT2D eigenvalue weighted by Crippen LogP contribution is -2.40. The first-order chi connectivity index (χ1) is 18.3. The minimum atomic E-state index is -4.60. The number of nitrogens with zero attached hydrogens (tertiary/aromatic N) is 7. The lowest BCUT2D eigenvalue weighted by atomic mass is 10.1. The van der Waals surface area contributed by atoms with Crippen LogP contribution in [0.3, 0.4) is 0 Å². The summed E-state index contributed by atoms with van der Waals surface area (Å²) in [7, 11) is 1.64. The molecule has 11 nitrogen and oxygen atoms in total. The summed E-state index contributed by atoms with van der Waals surface area (Å²) in [5.41, 5.74) is 1.78. The molecule has 1 aliphatic rings. The molecule has 2 aromatic heterocycles. The van der Waals surface area contributed by atoms with Gasteiger partial charge in [0.1, 0.15) is 18.0 Å². The van der Waals surface area contributed by atoms with Crippen LogP contribution in [0.15, 0.2) is 36.7 Å². The highest BCUT2D eigenvalue weighted by atomic mass is 19.4. The third-order valence-electron chi connectivity index (χ3n) is 5.73. The number of halogens is 3. The van der Waals surface area contributed by atoms with Crippen molar-refractivity contribution in [1.29, 1.82) is 0 Å². The van der Waals surface area contributed by atoms with Crippen molar-refractivity contribution in [2.75, 3.05) is 25.0 Å². The van der Waals surface area contributed by atoms with Gasteiger partial charge in [-0.3, -0.25) is 4.79 Å². The summed E-state index contributed by atoms with van der Waals surface area (Å²) in [5, 5.41) is 6.00. The lowest BCUT2D eigenvalue weighted by Gasteiger charge is -2.26. The molecule has 0 spiro atoms. The van der Waals surface area contributed by atoms with E-state index in [2.05, 4.69) is 25.4 Å². The molecule has 0 fully saturated rings. The van der Waals surface area contributed by atoms with E-state index in [1.54, 1.807) is 45.1 Å². The minimum Gasteiger partial charge on any atom is -0.444 e. The smallest absolute Gasteiger partial charge is 0.444 e. The number of alkyl carbamates (subject to hydrolysis) is 1. The summed E-state index contributed by atoms with van der Waals surface area (Å²) in [5.74, 6) is -0.852. The molecule has 0 atom stereocenters. The second kappa shape index (κ2) is 10.9. The third-order valence-corrected chi connectivity index (χ3v) is 5.73. The largest absolute Gasteiger partial charge is 0.453 e. The van der Waals surface area contributed by atoms with E-state index in [0.717, 1.165) is 16.7 Å². The van der Waals surface area contributed by atoms with E-state index in [1.807, 2.05) is 24.3 Å². The Morgan fingerprint density at radius 2 is 1.82 bits per heavy atom. The Labute approximate surface area is 223 Å². The molecular formula is C25H29F3N8O3. The number of hydrogen-bond donors (Lipinski definition) is 1. The van der Waals surface area contributed by atoms with Crippen LogP contribution in [0.5, 0.6) is 0 Å². The van der Waals surface area contributed by atoms with Gasteiger partial charge in [-0.1, -0.05) is 18.2 Å². The van der Waals surface area contributed by atoms with Crippen LogP contribution < -0.4 is 10.2 Å². The van der Waals surface area contributed by atoms with Crippen LogP contribution in [0, 0.1) is 0 Å². The topological polar surface area (TPSA) is 118 Å². The van der Waals surface area contributed by atoms with E-state index in [0.29, 0.717) is 19.0 Å². The van der Waals surface area contributed by atoms with Gasteiger partial charge in [0.2, 0.25) is 11.9 Å². The Morgan fingerprint density at radius 1 is 1.10 bits per heavy atom. The molecule has 14 heteroatoms. The average molecular weight is 547 g/mol. The number of benzene rings is 1. The molecule has 4 rings (SSSR count). The third kappa shape index (κ3) is 7.21. The number of ether oxygens (including phenoxy) is 1. The molecule has 1 N–H and O–H groups in total. The number of likely N-dealkylation sites (N-methyl/N-ethyl adjacent to an activating group) is 1. The summed E-state index contributed by atoms with van der Waals surface area (Å²) in [6.45, 7) is 6.09. The van der Waals surface area contributed by atoms with Crippen LogP contribution in [-0.2, 0) is 35.3 Å². The molecular weight excluding hydrogens is 517 g/mol. The number of carbonyl (C=O) groups excluding carboxylic acids is 2. The Morgan fingerprint density at radius 3 is 2.49 bits per heavy atom. The first-order valence-electron chi connectivity index (χ1n) is 12.2. The van der Waals surface area contributed by atoms with E-state index in [1.165, 1.54) is 9.58 Å². The Kier molecular flexibility index (Phi) is 7.74. The SMILES string of the molecule is CN(Cc1cccc(-c2cnc(N3CCn4nc(C(F)(F)F)nc4C3)nc2)c1)C(=O)CNC(=O)OC(C)(C)C. The maximum absolute atomic E-state index is 12.9. The van der Waals surface area contributed by atoms with E-state index in [4.69, 9.17) is 4.74 Å². The molecule has 0 saturated heterocycles. The van der Waals surface area contributed by atoms with Crippen molar-refractivity contribution < 1.29 is 27.5 Å². The van der Waals surface area contributed by atoms with E-state index < -0.39 is 23.7 Å². The molecule has 0 saturated carbocycles. The van der Waals surface area contributed by atoms with E-state index >= 15 is 0 Å². The minimum absolute atomic E-state index is 0.112. The second-order valence-corrected chi connectivity index (χ2v) is 10.1. The number of nitrogens with one attached hydrogen (secondary N) is 1. The molecule has 1 aromatic carbocycles. The summed E-state index contributed by atoms with van der Waals surface area (Å²) < 4.78 is 45.2. The van der Waals surface area contributed by atoms with Crippen LogP contribution in [-0.4, -0.2) is 67.4 Å². The fraction of sp³-hybridized carbons (Fsp3) is 0.440. The van der Waals surface area contributed by atoms with Crippen molar-refractivity contribution in [2.45, 2.75) is 52.2 Å². The molecule has 208 valence electrons. The van der Waals surface area contributed by atoms with Gasteiger partial charge in [-0.05, 0) is 38.0 Å². The predicted octanol–water partition coefficient (Wildman–Crippen LogP) is 3.26. The number of alkyl halides is 3. The van der Waals surface area contributed by atoms with Crippen molar-refractivity contribution in [3.63, 3.8) is 0 Å². The summed E-state index contributed by atoms with van der Waals surface area (Å²) in [6.07, 6.45) is -1.98. The number of rotatable bonds is 6. The van der Waals surface area contributed by atoms with Gasteiger partial charge < -0.3 is 19.9 Å². The highest BCUT2D eigenvalue weighted by Crippen LogP contribution is 2.28. The van der Waals surface area contributed by atoms with E-state index in [-0.39, 0.29) is 31.4 Å². The maximum atomic E-state index is 12.9. The van der Waals surface area contributed by atoms with Gasteiger partial charge in [-0.15, -0.1) is 5.10 Å². The molecule has 3 aromatic rings. The Balaban J connectivity index is 1.36. The van der Waals surface area contributed by atoms with Crippen molar-refractivity contribution in [2.24, 2.45) is 0 Å². The first kappa shape index (κ1) is 27.8. The van der Waals surface area contributed by atoms with Gasteiger partial charge in [-0.2, -0.15) is 13.2 Å². The molecule has 0 unspecified atom stereocenters. The van der Waals surface area contributed by atoms with E-state index in [9.17, 15) is 22.8 Å². The predicted molar refractivity (Wildman–Crippen MR) is 134 cm³/mol. The van der Waals surface area contributed by atoms with Crippen LogP contribution >= 0.6 is 0 Å². The Hall–Kier alpha value is -4.23. The summed E-state index contributed by atoms with van der Waals surface area (Å²) >= 11 is 0. The highest BCUT2D eigenvalue weighted by molar-refractivity contribution is 5.82. The first-order valence-corrected chi connectivity index (χ1v) is 12.2. The lowest BCUT2D eigenvalue weighted by molar-refractivity contribution is -0.145. The number of amides is 2. The number of anilines is 1. The van der Waals surface area contributed by atoms with Crippen LogP contribution in [0.2, 0.25) is 0 Å². The molecule has 1 aliphatic heterocycles. The summed E-state index contributed by atoms with van der Waals surface area (Å²) in [4.78, 5) is 39.9. The van der Waals surface area contributed by atoms with Crippen molar-refractivity contribution in [3.05, 3.63) is 53.9 Å². The van der Waals surface area contributed by atoms with Crippen molar-refractivity contribution >= 4 is 17.9 Å². The molecule has 3 heterocycles. The number of carbonyl (C=O) groups is 2. The second-order valence-electron chi connectivity index (χ2n) is 10.1. The fourth-order valence-corrected chi connectivity index (χ4v) is 3.87. The fourth-order valence-electron chi connectivity index (χ4n) is 3.87. The molecule has 2 amide bonds. The van der Waals surface area contributed by atoms with Gasteiger partial charge in [0.15, 0.2) is 0 Å². The number of fused-ring (bicyclic) bond motifs is 1. The zero-order valence-electron chi connectivity index (χ0n) is 22.0.